The summed E-state index contributed by atoms with van der Waals surface area (Å²) in [5, 5.41) is 3.42. The van der Waals surface area contributed by atoms with Crippen molar-refractivity contribution in [2.45, 2.75) is 20.0 Å². The fourth-order valence-electron chi connectivity index (χ4n) is 2.54. The number of hydrogen-bond acceptors (Lipinski definition) is 2. The fourth-order valence-corrected chi connectivity index (χ4v) is 2.80. The first kappa shape index (κ1) is 15.7. The highest BCUT2D eigenvalue weighted by atomic mass is 35.5. The Bertz CT molecular complexity index is 706. The van der Waals surface area contributed by atoms with E-state index in [0.717, 1.165) is 16.9 Å². The normalized spacial score (nSPS) is 14.3. The van der Waals surface area contributed by atoms with Crippen molar-refractivity contribution < 1.29 is 9.53 Å². The van der Waals surface area contributed by atoms with Crippen LogP contribution in [0.25, 0.3) is 0 Å². The topological polar surface area (TPSA) is 41.6 Å². The highest BCUT2D eigenvalue weighted by Crippen LogP contribution is 2.26. The van der Waals surface area contributed by atoms with Crippen molar-refractivity contribution in [2.75, 3.05) is 18.4 Å². The third-order valence-electron chi connectivity index (χ3n) is 3.88. The molecule has 0 aromatic heterocycles. The predicted molar refractivity (Wildman–Crippen MR) is 92.4 cm³/mol. The van der Waals surface area contributed by atoms with Crippen molar-refractivity contribution in [1.82, 2.24) is 4.90 Å². The molecule has 2 aromatic carbocycles. The van der Waals surface area contributed by atoms with Crippen LogP contribution in [0.5, 0.6) is 5.75 Å². The van der Waals surface area contributed by atoms with E-state index in [1.54, 1.807) is 11.0 Å². The molecule has 2 amide bonds. The Hall–Kier alpha value is -2.20. The summed E-state index contributed by atoms with van der Waals surface area (Å²) in [5.74, 6) is 0.844. The zero-order valence-corrected chi connectivity index (χ0v) is 13.9. The maximum Gasteiger partial charge on any atom is 0.322 e. The van der Waals surface area contributed by atoms with Gasteiger partial charge >= 0.3 is 6.03 Å². The van der Waals surface area contributed by atoms with Crippen LogP contribution in [0.1, 0.15) is 11.1 Å². The highest BCUT2D eigenvalue weighted by Gasteiger charge is 2.32. The van der Waals surface area contributed by atoms with Gasteiger partial charge in [-0.25, -0.2) is 4.79 Å². The van der Waals surface area contributed by atoms with Crippen molar-refractivity contribution in [2.24, 2.45) is 0 Å². The lowest BCUT2D eigenvalue weighted by molar-refractivity contribution is 0.0492. The van der Waals surface area contributed by atoms with Gasteiger partial charge in [0.25, 0.3) is 0 Å². The molecule has 5 heteroatoms. The Balaban J connectivity index is 1.54. The Morgan fingerprint density at radius 2 is 1.96 bits per heavy atom. The van der Waals surface area contributed by atoms with E-state index in [-0.39, 0.29) is 12.1 Å². The number of amides is 2. The van der Waals surface area contributed by atoms with Crippen LogP contribution in [0.3, 0.4) is 0 Å². The van der Waals surface area contributed by atoms with Gasteiger partial charge in [-0.05, 0) is 43.2 Å². The smallest absolute Gasteiger partial charge is 0.322 e. The maximum absolute atomic E-state index is 12.3. The molecule has 1 aliphatic heterocycles. The number of benzene rings is 2. The fraction of sp³-hybridized carbons (Fsp3) is 0.278. The molecule has 1 aliphatic rings. The van der Waals surface area contributed by atoms with Gasteiger partial charge in [-0.3, -0.25) is 0 Å². The number of urea groups is 1. The minimum absolute atomic E-state index is 0.0369. The van der Waals surface area contributed by atoms with Crippen LogP contribution in [-0.2, 0) is 0 Å². The summed E-state index contributed by atoms with van der Waals surface area (Å²) in [4.78, 5) is 14.0. The van der Waals surface area contributed by atoms with Crippen LogP contribution in [0.2, 0.25) is 5.02 Å². The minimum atomic E-state index is -0.148. The van der Waals surface area contributed by atoms with E-state index >= 15 is 0 Å². The molecule has 0 radical (unpaired) electrons. The van der Waals surface area contributed by atoms with Gasteiger partial charge in [0.05, 0.1) is 23.8 Å². The van der Waals surface area contributed by atoms with Crippen LogP contribution in [-0.4, -0.2) is 30.1 Å². The molecule has 1 heterocycles. The van der Waals surface area contributed by atoms with Gasteiger partial charge in [0.15, 0.2) is 0 Å². The lowest BCUT2D eigenvalue weighted by Gasteiger charge is -2.39. The molecule has 0 bridgehead atoms. The number of likely N-dealkylation sites (tertiary alicyclic amines) is 1. The molecule has 2 aromatic rings. The number of carbonyl (C=O) groups is 1. The third kappa shape index (κ3) is 3.59. The Labute approximate surface area is 141 Å². The van der Waals surface area contributed by atoms with Crippen LogP contribution in [0.15, 0.2) is 42.5 Å². The quantitative estimate of drug-likeness (QED) is 0.914. The Morgan fingerprint density at radius 1 is 1.22 bits per heavy atom. The van der Waals surface area contributed by atoms with E-state index < -0.39 is 0 Å². The number of hydrogen-bond donors (Lipinski definition) is 1. The molecule has 120 valence electrons. The Kier molecular flexibility index (Phi) is 4.44. The third-order valence-corrected chi connectivity index (χ3v) is 4.20. The van der Waals surface area contributed by atoms with Crippen LogP contribution >= 0.6 is 11.6 Å². The van der Waals surface area contributed by atoms with Crippen molar-refractivity contribution >= 4 is 23.3 Å². The van der Waals surface area contributed by atoms with Crippen molar-refractivity contribution in [1.29, 1.82) is 0 Å². The first-order valence-corrected chi connectivity index (χ1v) is 7.95. The van der Waals surface area contributed by atoms with E-state index in [9.17, 15) is 4.79 Å². The summed E-state index contributed by atoms with van der Waals surface area (Å²) < 4.78 is 5.86. The van der Waals surface area contributed by atoms with Crippen molar-refractivity contribution in [3.63, 3.8) is 0 Å². The molecule has 0 unspecified atom stereocenters. The molecule has 4 nitrogen and oxygen atoms in total. The van der Waals surface area contributed by atoms with Gasteiger partial charge in [0.1, 0.15) is 11.9 Å². The zero-order valence-electron chi connectivity index (χ0n) is 13.2. The Morgan fingerprint density at radius 3 is 2.65 bits per heavy atom. The van der Waals surface area contributed by atoms with E-state index in [4.69, 9.17) is 16.3 Å². The number of halogens is 1. The summed E-state index contributed by atoms with van der Waals surface area (Å²) in [5.41, 5.74) is 2.77. The molecular formula is C18H19ClN2O2. The van der Waals surface area contributed by atoms with Gasteiger partial charge in [0.2, 0.25) is 0 Å². The number of rotatable bonds is 3. The second-order valence-corrected chi connectivity index (χ2v) is 6.23. The molecule has 1 saturated heterocycles. The number of aryl methyl sites for hydroxylation is 2. The number of para-hydroxylation sites is 1. The van der Waals surface area contributed by atoms with Gasteiger partial charge in [0, 0.05) is 0 Å². The highest BCUT2D eigenvalue weighted by molar-refractivity contribution is 6.33. The summed E-state index contributed by atoms with van der Waals surface area (Å²) in [6.45, 7) is 5.09. The van der Waals surface area contributed by atoms with Crippen LogP contribution in [0, 0.1) is 13.8 Å². The van der Waals surface area contributed by atoms with Crippen LogP contribution in [0.4, 0.5) is 10.5 Å². The molecule has 1 fully saturated rings. The van der Waals surface area contributed by atoms with Crippen LogP contribution < -0.4 is 10.1 Å². The maximum atomic E-state index is 12.3. The number of anilines is 1. The largest absolute Gasteiger partial charge is 0.487 e. The first-order chi connectivity index (χ1) is 11.0. The number of carbonyl (C=O) groups excluding carboxylic acids is 1. The van der Waals surface area contributed by atoms with E-state index in [1.165, 1.54) is 0 Å². The van der Waals surface area contributed by atoms with E-state index in [0.29, 0.717) is 23.8 Å². The molecular weight excluding hydrogens is 312 g/mol. The number of ether oxygens (including phenoxy) is 1. The first-order valence-electron chi connectivity index (χ1n) is 7.57. The molecule has 3 rings (SSSR count). The summed E-state index contributed by atoms with van der Waals surface area (Å²) >= 11 is 6.13. The molecule has 23 heavy (non-hydrogen) atoms. The lowest BCUT2D eigenvalue weighted by atomic mass is 10.1. The molecule has 1 N–H and O–H groups in total. The van der Waals surface area contributed by atoms with Gasteiger partial charge in [-0.15, -0.1) is 0 Å². The van der Waals surface area contributed by atoms with E-state index in [1.807, 2.05) is 50.2 Å². The van der Waals surface area contributed by atoms with Gasteiger partial charge in [-0.2, -0.15) is 0 Å². The number of nitrogens with one attached hydrogen (secondary N) is 1. The molecule has 0 aliphatic carbocycles. The zero-order chi connectivity index (χ0) is 16.4. The average molecular weight is 331 g/mol. The van der Waals surface area contributed by atoms with Gasteiger partial charge < -0.3 is 15.0 Å². The van der Waals surface area contributed by atoms with E-state index in [2.05, 4.69) is 5.32 Å². The molecule has 0 spiro atoms. The molecule has 0 saturated carbocycles. The van der Waals surface area contributed by atoms with Gasteiger partial charge in [-0.1, -0.05) is 35.9 Å². The molecule has 0 atom stereocenters. The monoisotopic (exact) mass is 330 g/mol. The van der Waals surface area contributed by atoms with Crippen molar-refractivity contribution in [3.8, 4) is 5.75 Å². The average Bonchev–Trinajstić information content (AvgIpc) is 2.46. The SMILES string of the molecule is Cc1cccc(OC2CN(C(=O)Nc3c(C)cccc3Cl)C2)c1. The summed E-state index contributed by atoms with van der Waals surface area (Å²) in [7, 11) is 0. The minimum Gasteiger partial charge on any atom is -0.487 e. The van der Waals surface area contributed by atoms with Crippen molar-refractivity contribution in [3.05, 3.63) is 58.6 Å². The summed E-state index contributed by atoms with van der Waals surface area (Å²) in [6.07, 6.45) is 0.0369. The number of nitrogens with zero attached hydrogens (tertiary/aromatic N) is 1. The predicted octanol–water partition coefficient (Wildman–Crippen LogP) is 4.25. The lowest BCUT2D eigenvalue weighted by Crippen LogP contribution is -2.57. The second-order valence-electron chi connectivity index (χ2n) is 5.82. The second kappa shape index (κ2) is 6.50. The standard InChI is InChI=1S/C18H19ClN2O2/c1-12-5-3-7-14(9-12)23-15-10-21(11-15)18(22)20-17-13(2)6-4-8-16(17)19/h3-9,15H,10-11H2,1-2H3,(H,20,22). The summed E-state index contributed by atoms with van der Waals surface area (Å²) in [6, 6.07) is 13.3.